The Kier molecular flexibility index (Phi) is 6.26. The third-order valence-electron chi connectivity index (χ3n) is 4.84. The average molecular weight is 416 g/mol. The maximum Gasteiger partial charge on any atom is 0.332 e. The number of benzene rings is 1. The van der Waals surface area contributed by atoms with E-state index >= 15 is 0 Å². The summed E-state index contributed by atoms with van der Waals surface area (Å²) in [7, 11) is 4.81. The molecular formula is C20H25N5O3S. The molecule has 0 atom stereocenters. The molecule has 2 aromatic heterocycles. The average Bonchev–Trinajstić information content (AvgIpc) is 3.03. The normalized spacial score (nSPS) is 11.2. The molecule has 0 unspecified atom stereocenters. The molecule has 1 aromatic carbocycles. The fourth-order valence-corrected chi connectivity index (χ4v) is 4.02. The smallest absolute Gasteiger partial charge is 0.332 e. The number of rotatable bonds is 7. The van der Waals surface area contributed by atoms with Gasteiger partial charge in [-0.05, 0) is 18.9 Å². The number of nitrogens with zero attached hydrogens (tertiary/aromatic N) is 4. The zero-order valence-electron chi connectivity index (χ0n) is 17.1. The number of fused-ring (bicyclic) bond motifs is 1. The molecule has 1 amide bonds. The molecular weight excluding hydrogens is 390 g/mol. The van der Waals surface area contributed by atoms with Crippen LogP contribution in [0, 0.1) is 6.92 Å². The van der Waals surface area contributed by atoms with Crippen molar-refractivity contribution in [3.8, 4) is 0 Å². The Labute approximate surface area is 172 Å². The van der Waals surface area contributed by atoms with E-state index in [0.29, 0.717) is 29.5 Å². The Morgan fingerprint density at radius 3 is 2.45 bits per heavy atom. The first-order chi connectivity index (χ1) is 13.8. The van der Waals surface area contributed by atoms with Crippen molar-refractivity contribution < 1.29 is 4.79 Å². The fourth-order valence-electron chi connectivity index (χ4n) is 3.11. The highest BCUT2D eigenvalue weighted by molar-refractivity contribution is 7.99. The molecule has 0 radical (unpaired) electrons. The van der Waals surface area contributed by atoms with E-state index in [0.717, 1.165) is 11.0 Å². The van der Waals surface area contributed by atoms with Crippen molar-refractivity contribution >= 4 is 28.8 Å². The number of imidazole rings is 1. The molecule has 0 bridgehead atoms. The van der Waals surface area contributed by atoms with Crippen molar-refractivity contribution in [1.29, 1.82) is 0 Å². The van der Waals surface area contributed by atoms with Crippen molar-refractivity contribution in [1.82, 2.24) is 24.0 Å². The topological polar surface area (TPSA) is 90.9 Å². The monoisotopic (exact) mass is 415 g/mol. The summed E-state index contributed by atoms with van der Waals surface area (Å²) in [4.78, 5) is 40.9. The van der Waals surface area contributed by atoms with Gasteiger partial charge in [0.2, 0.25) is 5.91 Å². The Hall–Kier alpha value is -2.81. The van der Waals surface area contributed by atoms with E-state index in [9.17, 15) is 14.4 Å². The zero-order chi connectivity index (χ0) is 21.1. The molecule has 8 nitrogen and oxygen atoms in total. The lowest BCUT2D eigenvalue weighted by Gasteiger charge is -2.07. The van der Waals surface area contributed by atoms with Gasteiger partial charge in [0.1, 0.15) is 0 Å². The predicted octanol–water partition coefficient (Wildman–Crippen LogP) is 1.12. The number of aryl methyl sites for hydroxylation is 3. The van der Waals surface area contributed by atoms with Gasteiger partial charge >= 0.3 is 5.69 Å². The van der Waals surface area contributed by atoms with Crippen molar-refractivity contribution in [3.05, 3.63) is 56.2 Å². The van der Waals surface area contributed by atoms with Crippen LogP contribution in [-0.4, -0.2) is 36.9 Å². The molecule has 9 heteroatoms. The highest BCUT2D eigenvalue weighted by atomic mass is 32.2. The van der Waals surface area contributed by atoms with E-state index in [-0.39, 0.29) is 11.4 Å². The first kappa shape index (κ1) is 20.9. The molecule has 0 aliphatic carbocycles. The highest BCUT2D eigenvalue weighted by Gasteiger charge is 2.17. The van der Waals surface area contributed by atoms with Gasteiger partial charge in [-0.2, -0.15) is 0 Å². The second kappa shape index (κ2) is 8.69. The molecule has 29 heavy (non-hydrogen) atoms. The Bertz CT molecular complexity index is 1160. The molecule has 3 aromatic rings. The van der Waals surface area contributed by atoms with Crippen molar-refractivity contribution in [2.45, 2.75) is 24.9 Å². The lowest BCUT2D eigenvalue weighted by molar-refractivity contribution is -0.120. The number of aromatic nitrogens is 4. The van der Waals surface area contributed by atoms with Crippen LogP contribution in [-0.2, 0) is 32.4 Å². The lowest BCUT2D eigenvalue weighted by Crippen LogP contribution is -2.37. The summed E-state index contributed by atoms with van der Waals surface area (Å²) < 4.78 is 4.18. The minimum absolute atomic E-state index is 0.0216. The van der Waals surface area contributed by atoms with E-state index in [1.54, 1.807) is 18.7 Å². The van der Waals surface area contributed by atoms with Crippen LogP contribution in [0.15, 0.2) is 39.0 Å². The Morgan fingerprint density at radius 2 is 1.76 bits per heavy atom. The summed E-state index contributed by atoms with van der Waals surface area (Å²) >= 11 is 1.39. The summed E-state index contributed by atoms with van der Waals surface area (Å²) in [5.41, 5.74) is 2.33. The number of hydrogen-bond acceptors (Lipinski definition) is 5. The second-order valence-corrected chi connectivity index (χ2v) is 8.08. The summed E-state index contributed by atoms with van der Waals surface area (Å²) in [5.74, 6) is 0.508. The summed E-state index contributed by atoms with van der Waals surface area (Å²) in [6.07, 6.45) is 1.14. The van der Waals surface area contributed by atoms with E-state index in [1.165, 1.54) is 34.5 Å². The third kappa shape index (κ3) is 4.45. The minimum Gasteiger partial charge on any atom is -0.356 e. The molecule has 0 saturated carbocycles. The van der Waals surface area contributed by atoms with Crippen LogP contribution in [0.2, 0.25) is 0 Å². The van der Waals surface area contributed by atoms with Gasteiger partial charge in [0.25, 0.3) is 5.56 Å². The first-order valence-corrected chi connectivity index (χ1v) is 10.4. The maximum atomic E-state index is 12.3. The van der Waals surface area contributed by atoms with E-state index in [2.05, 4.69) is 34.6 Å². The number of carbonyl (C=O) groups is 1. The number of thioether (sulfide) groups is 1. The number of amides is 1. The van der Waals surface area contributed by atoms with Gasteiger partial charge in [-0.1, -0.05) is 41.6 Å². The molecule has 0 aliphatic rings. The SMILES string of the molecule is Cc1ccc(CCNC(=O)CCSc2nc3c(=O)n(C)c(=O)n(C)c3n2C)cc1. The molecule has 2 heterocycles. The molecule has 0 saturated heterocycles. The van der Waals surface area contributed by atoms with Crippen LogP contribution in [0.4, 0.5) is 0 Å². The quantitative estimate of drug-likeness (QED) is 0.584. The second-order valence-electron chi connectivity index (χ2n) is 7.02. The minimum atomic E-state index is -0.417. The standard InChI is InChI=1S/C20H25N5O3S/c1-13-5-7-14(8-6-13)9-11-21-15(26)10-12-29-19-22-16-17(23(19)2)24(3)20(28)25(4)18(16)27/h5-8H,9-12H2,1-4H3,(H,21,26). The van der Waals surface area contributed by atoms with Crippen LogP contribution in [0.1, 0.15) is 17.5 Å². The lowest BCUT2D eigenvalue weighted by atomic mass is 10.1. The maximum absolute atomic E-state index is 12.3. The summed E-state index contributed by atoms with van der Waals surface area (Å²) in [6, 6.07) is 8.27. The molecule has 0 fully saturated rings. The van der Waals surface area contributed by atoms with Gasteiger partial charge in [-0.25, -0.2) is 9.78 Å². The van der Waals surface area contributed by atoms with Crippen LogP contribution in [0.3, 0.4) is 0 Å². The largest absolute Gasteiger partial charge is 0.356 e. The molecule has 154 valence electrons. The van der Waals surface area contributed by atoms with Gasteiger partial charge in [0.15, 0.2) is 16.3 Å². The Balaban J connectivity index is 1.56. The number of nitrogens with one attached hydrogen (secondary N) is 1. The predicted molar refractivity (Wildman–Crippen MR) is 114 cm³/mol. The Morgan fingerprint density at radius 1 is 1.07 bits per heavy atom. The third-order valence-corrected chi connectivity index (χ3v) is 5.87. The van der Waals surface area contributed by atoms with Gasteiger partial charge in [-0.3, -0.25) is 18.7 Å². The van der Waals surface area contributed by atoms with Gasteiger partial charge in [0, 0.05) is 39.9 Å². The summed E-state index contributed by atoms with van der Waals surface area (Å²) in [6.45, 7) is 2.64. The zero-order valence-corrected chi connectivity index (χ0v) is 17.9. The van der Waals surface area contributed by atoms with Crippen LogP contribution < -0.4 is 16.6 Å². The van der Waals surface area contributed by atoms with E-state index < -0.39 is 11.2 Å². The van der Waals surface area contributed by atoms with Crippen molar-refractivity contribution in [3.63, 3.8) is 0 Å². The van der Waals surface area contributed by atoms with E-state index in [4.69, 9.17) is 0 Å². The summed E-state index contributed by atoms with van der Waals surface area (Å²) in [5, 5.41) is 3.53. The molecule has 0 spiro atoms. The fraction of sp³-hybridized carbons (Fsp3) is 0.400. The van der Waals surface area contributed by atoms with Crippen LogP contribution in [0.5, 0.6) is 0 Å². The first-order valence-electron chi connectivity index (χ1n) is 9.37. The van der Waals surface area contributed by atoms with Crippen molar-refractivity contribution in [2.24, 2.45) is 21.1 Å². The number of carbonyl (C=O) groups excluding carboxylic acids is 1. The molecule has 3 rings (SSSR count). The van der Waals surface area contributed by atoms with Gasteiger partial charge in [0.05, 0.1) is 0 Å². The van der Waals surface area contributed by atoms with Gasteiger partial charge in [-0.15, -0.1) is 0 Å². The van der Waals surface area contributed by atoms with Crippen LogP contribution >= 0.6 is 11.8 Å². The van der Waals surface area contributed by atoms with Crippen molar-refractivity contribution in [2.75, 3.05) is 12.3 Å². The molecule has 1 N–H and O–H groups in total. The van der Waals surface area contributed by atoms with Gasteiger partial charge < -0.3 is 9.88 Å². The van der Waals surface area contributed by atoms with E-state index in [1.807, 2.05) is 6.92 Å². The highest BCUT2D eigenvalue weighted by Crippen LogP contribution is 2.20. The molecule has 0 aliphatic heterocycles. The number of hydrogen-bond donors (Lipinski definition) is 1. The van der Waals surface area contributed by atoms with Crippen LogP contribution in [0.25, 0.3) is 11.2 Å².